The van der Waals surface area contributed by atoms with Crippen LogP contribution in [0, 0.1) is 0 Å². The molecule has 0 atom stereocenters. The van der Waals surface area contributed by atoms with Gasteiger partial charge in [0.25, 0.3) is 0 Å². The molecule has 0 spiro atoms. The van der Waals surface area contributed by atoms with E-state index in [1.165, 1.54) is 11.3 Å². The quantitative estimate of drug-likeness (QED) is 0.289. The van der Waals surface area contributed by atoms with Crippen molar-refractivity contribution in [3.05, 3.63) is 102 Å². The van der Waals surface area contributed by atoms with Crippen LogP contribution in [-0.4, -0.2) is 28.1 Å². The molecule has 0 aliphatic carbocycles. The summed E-state index contributed by atoms with van der Waals surface area (Å²) in [5, 5.41) is 7.57. The van der Waals surface area contributed by atoms with Gasteiger partial charge in [0.1, 0.15) is 11.4 Å². The Morgan fingerprint density at radius 2 is 1.59 bits per heavy atom. The van der Waals surface area contributed by atoms with Gasteiger partial charge in [0, 0.05) is 34.5 Å². The van der Waals surface area contributed by atoms with E-state index in [1.807, 2.05) is 107 Å². The van der Waals surface area contributed by atoms with E-state index in [0.717, 1.165) is 39.5 Å². The second kappa shape index (κ2) is 8.99. The van der Waals surface area contributed by atoms with Crippen molar-refractivity contribution in [2.45, 2.75) is 0 Å². The number of aromatic nitrogens is 3. The Morgan fingerprint density at radius 3 is 2.31 bits per heavy atom. The third-order valence-corrected chi connectivity index (χ3v) is 5.75. The summed E-state index contributed by atoms with van der Waals surface area (Å²) in [7, 11) is 1.66. The van der Waals surface area contributed by atoms with Gasteiger partial charge in [-0.25, -0.2) is 14.7 Å². The van der Waals surface area contributed by atoms with Crippen molar-refractivity contribution in [3.8, 4) is 34.0 Å². The minimum atomic E-state index is 0.706. The summed E-state index contributed by atoms with van der Waals surface area (Å²) in [6.45, 7) is 0. The number of ether oxygens (including phenoxy) is 1. The Morgan fingerprint density at radius 1 is 0.875 bits per heavy atom. The highest BCUT2D eigenvalue weighted by atomic mass is 32.1. The summed E-state index contributed by atoms with van der Waals surface area (Å²) in [4.78, 5) is 9.32. The maximum atomic E-state index is 5.30. The number of hydrogen-bond donors (Lipinski definition) is 0. The maximum Gasteiger partial charge on any atom is 0.209 e. The van der Waals surface area contributed by atoms with Crippen LogP contribution in [-0.2, 0) is 0 Å². The largest absolute Gasteiger partial charge is 0.497 e. The van der Waals surface area contributed by atoms with Crippen LogP contribution in [0.25, 0.3) is 28.2 Å². The molecule has 156 valence electrons. The van der Waals surface area contributed by atoms with Gasteiger partial charge in [-0.3, -0.25) is 0 Å². The summed E-state index contributed by atoms with van der Waals surface area (Å²) in [5.41, 5.74) is 5.75. The lowest BCUT2D eigenvalue weighted by atomic mass is 10.1. The fourth-order valence-electron chi connectivity index (χ4n) is 3.36. The highest BCUT2D eigenvalue weighted by Crippen LogP contribution is 2.28. The Hall–Kier alpha value is -4.03. The van der Waals surface area contributed by atoms with Gasteiger partial charge in [0.15, 0.2) is 0 Å². The highest BCUT2D eigenvalue weighted by molar-refractivity contribution is 7.13. The van der Waals surface area contributed by atoms with Crippen molar-refractivity contribution in [2.24, 2.45) is 4.99 Å². The molecular weight excluding hydrogens is 416 g/mol. The molecule has 0 radical (unpaired) electrons. The van der Waals surface area contributed by atoms with Gasteiger partial charge in [0.05, 0.1) is 18.5 Å². The molecule has 5 rings (SSSR count). The second-order valence-corrected chi connectivity index (χ2v) is 7.92. The van der Waals surface area contributed by atoms with Gasteiger partial charge in [-0.05, 0) is 36.4 Å². The summed E-state index contributed by atoms with van der Waals surface area (Å²) >= 11 is 1.52. The first-order chi connectivity index (χ1) is 15.8. The molecule has 0 amide bonds. The number of rotatable bonds is 6. The maximum absolute atomic E-state index is 5.30. The van der Waals surface area contributed by atoms with Crippen molar-refractivity contribution in [2.75, 3.05) is 7.11 Å². The van der Waals surface area contributed by atoms with E-state index in [1.54, 1.807) is 7.11 Å². The number of nitrogens with zero attached hydrogens (tertiary/aromatic N) is 4. The van der Waals surface area contributed by atoms with Crippen molar-refractivity contribution < 1.29 is 4.74 Å². The van der Waals surface area contributed by atoms with E-state index in [0.29, 0.717) is 5.13 Å². The molecule has 0 N–H and O–H groups in total. The number of aliphatic imine (C=N–C) groups is 1. The second-order valence-electron chi connectivity index (χ2n) is 7.08. The number of para-hydroxylation sites is 1. The molecule has 0 fully saturated rings. The van der Waals surface area contributed by atoms with Crippen molar-refractivity contribution >= 4 is 22.7 Å². The minimum Gasteiger partial charge on any atom is -0.497 e. The predicted molar refractivity (Wildman–Crippen MR) is 130 cm³/mol. The van der Waals surface area contributed by atoms with Gasteiger partial charge in [-0.1, -0.05) is 48.5 Å². The molecule has 0 unspecified atom stereocenters. The Bertz CT molecular complexity index is 1340. The lowest BCUT2D eigenvalue weighted by Crippen LogP contribution is -1.94. The first-order valence-electron chi connectivity index (χ1n) is 10.1. The molecule has 2 aromatic heterocycles. The normalized spacial score (nSPS) is 11.2. The van der Waals surface area contributed by atoms with E-state index in [4.69, 9.17) is 9.84 Å². The lowest BCUT2D eigenvalue weighted by Gasteiger charge is -2.02. The van der Waals surface area contributed by atoms with Gasteiger partial charge in [-0.15, -0.1) is 11.3 Å². The molecule has 32 heavy (non-hydrogen) atoms. The van der Waals surface area contributed by atoms with Gasteiger partial charge >= 0.3 is 0 Å². The molecule has 6 heteroatoms. The molecular formula is C26H20N4OS. The fourth-order valence-corrected chi connectivity index (χ4v) is 4.03. The smallest absolute Gasteiger partial charge is 0.209 e. The van der Waals surface area contributed by atoms with Crippen LogP contribution < -0.4 is 4.74 Å². The Balaban J connectivity index is 1.50. The summed E-state index contributed by atoms with van der Waals surface area (Å²) in [6, 6.07) is 28.0. The molecule has 0 aliphatic heterocycles. The van der Waals surface area contributed by atoms with E-state index in [-0.39, 0.29) is 0 Å². The first-order valence-corrected chi connectivity index (χ1v) is 11.0. The summed E-state index contributed by atoms with van der Waals surface area (Å²) in [6.07, 6.45) is 3.82. The van der Waals surface area contributed by atoms with Crippen molar-refractivity contribution in [3.63, 3.8) is 0 Å². The molecule has 0 saturated carbocycles. The number of thiazole rings is 1. The van der Waals surface area contributed by atoms with Gasteiger partial charge < -0.3 is 4.74 Å². The Labute approximate surface area is 190 Å². The van der Waals surface area contributed by atoms with E-state index < -0.39 is 0 Å². The highest BCUT2D eigenvalue weighted by Gasteiger charge is 2.12. The van der Waals surface area contributed by atoms with Crippen LogP contribution >= 0.6 is 11.3 Å². The predicted octanol–water partition coefficient (Wildman–Crippen LogP) is 6.42. The summed E-state index contributed by atoms with van der Waals surface area (Å²) < 4.78 is 7.17. The molecule has 5 nitrogen and oxygen atoms in total. The van der Waals surface area contributed by atoms with Crippen molar-refractivity contribution in [1.29, 1.82) is 0 Å². The average molecular weight is 437 g/mol. The molecule has 5 aromatic rings. The van der Waals surface area contributed by atoms with E-state index in [2.05, 4.69) is 9.98 Å². The van der Waals surface area contributed by atoms with Crippen LogP contribution in [0.1, 0.15) is 5.56 Å². The van der Waals surface area contributed by atoms with Crippen LogP contribution in [0.3, 0.4) is 0 Å². The SMILES string of the molecule is COc1ccc(-c2nn(-c3ccccc3)cc2/C=N/c2nc(-c3ccccc3)cs2)cc1. The third kappa shape index (κ3) is 4.22. The zero-order valence-corrected chi connectivity index (χ0v) is 18.2. The fraction of sp³-hybridized carbons (Fsp3) is 0.0385. The van der Waals surface area contributed by atoms with Crippen LogP contribution in [0.2, 0.25) is 0 Å². The van der Waals surface area contributed by atoms with Crippen LogP contribution in [0.5, 0.6) is 5.75 Å². The molecule has 2 heterocycles. The van der Waals surface area contributed by atoms with Gasteiger partial charge in [-0.2, -0.15) is 5.10 Å². The zero-order valence-electron chi connectivity index (χ0n) is 17.4. The number of benzene rings is 3. The molecule has 3 aromatic carbocycles. The third-order valence-electron chi connectivity index (χ3n) is 5.00. The topological polar surface area (TPSA) is 52.3 Å². The molecule has 0 saturated heterocycles. The zero-order chi connectivity index (χ0) is 21.8. The number of hydrogen-bond acceptors (Lipinski definition) is 5. The minimum absolute atomic E-state index is 0.706. The van der Waals surface area contributed by atoms with Crippen LogP contribution in [0.15, 0.2) is 101 Å². The average Bonchev–Trinajstić information content (AvgIpc) is 3.51. The first kappa shape index (κ1) is 19.9. The van der Waals surface area contributed by atoms with Gasteiger partial charge in [0.2, 0.25) is 5.13 Å². The standard InChI is InChI=1S/C26H20N4OS/c1-31-23-14-12-20(13-15-23)25-21(17-30(29-25)22-10-6-3-7-11-22)16-27-26-28-24(18-32-26)19-8-4-2-5-9-19/h2-18H,1H3/b27-16+. The van der Waals surface area contributed by atoms with Crippen molar-refractivity contribution in [1.82, 2.24) is 14.8 Å². The molecule has 0 aliphatic rings. The Kier molecular flexibility index (Phi) is 5.59. The van der Waals surface area contributed by atoms with E-state index in [9.17, 15) is 0 Å². The number of methoxy groups -OCH3 is 1. The lowest BCUT2D eigenvalue weighted by molar-refractivity contribution is 0.415. The summed E-state index contributed by atoms with van der Waals surface area (Å²) in [5.74, 6) is 0.808. The monoisotopic (exact) mass is 436 g/mol. The molecule has 0 bridgehead atoms. The van der Waals surface area contributed by atoms with Crippen LogP contribution in [0.4, 0.5) is 5.13 Å². The van der Waals surface area contributed by atoms with E-state index >= 15 is 0 Å².